The molecule has 0 aliphatic carbocycles. The second-order valence-corrected chi connectivity index (χ2v) is 6.99. The molecule has 0 aromatic heterocycles. The van der Waals surface area contributed by atoms with E-state index in [4.69, 9.17) is 0 Å². The van der Waals surface area contributed by atoms with Crippen LogP contribution in [0.15, 0.2) is 42.5 Å². The van der Waals surface area contributed by atoms with Crippen LogP contribution in [0.5, 0.6) is 0 Å². The standard InChI is InChI=1S/C21H28N4O/c1-16-5-4-6-20(17(16)2)22-15-21(26)23-18-7-9-19(10-8-18)25-13-11-24(3)12-14-25/h4-10,22H,11-15H2,1-3H3,(H,23,26). The Morgan fingerprint density at radius 3 is 2.38 bits per heavy atom. The molecule has 1 saturated heterocycles. The van der Waals surface area contributed by atoms with Crippen molar-refractivity contribution in [1.82, 2.24) is 4.90 Å². The van der Waals surface area contributed by atoms with Gasteiger partial charge in [0.1, 0.15) is 0 Å². The Bertz CT molecular complexity index is 749. The molecule has 1 aliphatic heterocycles. The van der Waals surface area contributed by atoms with E-state index in [-0.39, 0.29) is 12.5 Å². The van der Waals surface area contributed by atoms with E-state index in [0.717, 1.165) is 37.6 Å². The van der Waals surface area contributed by atoms with Gasteiger partial charge in [0.25, 0.3) is 0 Å². The minimum absolute atomic E-state index is 0.0433. The highest BCUT2D eigenvalue weighted by Gasteiger charge is 2.14. The van der Waals surface area contributed by atoms with E-state index >= 15 is 0 Å². The molecule has 2 aromatic rings. The lowest BCUT2D eigenvalue weighted by atomic mass is 10.1. The summed E-state index contributed by atoms with van der Waals surface area (Å²) in [5.41, 5.74) is 5.44. The van der Waals surface area contributed by atoms with Crippen molar-refractivity contribution in [1.29, 1.82) is 0 Å². The molecule has 1 amide bonds. The van der Waals surface area contributed by atoms with Gasteiger partial charge in [0.15, 0.2) is 0 Å². The van der Waals surface area contributed by atoms with Crippen LogP contribution in [0.1, 0.15) is 11.1 Å². The summed E-state index contributed by atoms with van der Waals surface area (Å²) in [6.45, 7) is 8.65. The first-order chi connectivity index (χ1) is 12.5. The molecule has 1 aliphatic rings. The maximum absolute atomic E-state index is 12.2. The first-order valence-electron chi connectivity index (χ1n) is 9.16. The van der Waals surface area contributed by atoms with Crippen molar-refractivity contribution in [3.8, 4) is 0 Å². The molecule has 2 aromatic carbocycles. The summed E-state index contributed by atoms with van der Waals surface area (Å²) in [4.78, 5) is 16.9. The van der Waals surface area contributed by atoms with Crippen LogP contribution < -0.4 is 15.5 Å². The lowest BCUT2D eigenvalue weighted by Crippen LogP contribution is -2.44. The molecule has 5 heteroatoms. The van der Waals surface area contributed by atoms with Crippen LogP contribution in [-0.2, 0) is 4.79 Å². The molecule has 138 valence electrons. The zero-order chi connectivity index (χ0) is 18.5. The molecule has 0 radical (unpaired) electrons. The Hall–Kier alpha value is -2.53. The lowest BCUT2D eigenvalue weighted by molar-refractivity contribution is -0.114. The van der Waals surface area contributed by atoms with E-state index in [0.29, 0.717) is 0 Å². The molecule has 3 rings (SSSR count). The van der Waals surface area contributed by atoms with Crippen LogP contribution in [0.4, 0.5) is 17.1 Å². The molecule has 0 spiro atoms. The SMILES string of the molecule is Cc1cccc(NCC(=O)Nc2ccc(N3CCN(C)CC3)cc2)c1C. The summed E-state index contributed by atoms with van der Waals surface area (Å²) < 4.78 is 0. The number of hydrogen-bond acceptors (Lipinski definition) is 4. The molecule has 0 bridgehead atoms. The molecule has 1 heterocycles. The van der Waals surface area contributed by atoms with Crippen LogP contribution in [0.3, 0.4) is 0 Å². The van der Waals surface area contributed by atoms with Crippen LogP contribution in [-0.4, -0.2) is 50.6 Å². The van der Waals surface area contributed by atoms with Gasteiger partial charge in [0.2, 0.25) is 5.91 Å². The van der Waals surface area contributed by atoms with Crippen molar-refractivity contribution >= 4 is 23.0 Å². The number of piperazine rings is 1. The number of likely N-dealkylation sites (N-methyl/N-ethyl adjacent to an activating group) is 1. The summed E-state index contributed by atoms with van der Waals surface area (Å²) in [5, 5.41) is 6.17. The van der Waals surface area contributed by atoms with Crippen molar-refractivity contribution < 1.29 is 4.79 Å². The molecule has 0 atom stereocenters. The van der Waals surface area contributed by atoms with Crippen molar-refractivity contribution in [3.05, 3.63) is 53.6 Å². The number of carbonyl (C=O) groups excluding carboxylic acids is 1. The van der Waals surface area contributed by atoms with Gasteiger partial charge in [-0.2, -0.15) is 0 Å². The highest BCUT2D eigenvalue weighted by Crippen LogP contribution is 2.20. The van der Waals surface area contributed by atoms with Gasteiger partial charge < -0.3 is 20.4 Å². The third-order valence-corrected chi connectivity index (χ3v) is 5.06. The van der Waals surface area contributed by atoms with Gasteiger partial charge in [-0.25, -0.2) is 0 Å². The predicted octanol–water partition coefficient (Wildman–Crippen LogP) is 3.11. The number of hydrogen-bond donors (Lipinski definition) is 2. The van der Waals surface area contributed by atoms with Crippen molar-refractivity contribution in [2.75, 3.05) is 55.3 Å². The van der Waals surface area contributed by atoms with Gasteiger partial charge >= 0.3 is 0 Å². The van der Waals surface area contributed by atoms with Crippen LogP contribution in [0.2, 0.25) is 0 Å². The van der Waals surface area contributed by atoms with Gasteiger partial charge in [-0.3, -0.25) is 4.79 Å². The number of aryl methyl sites for hydroxylation is 1. The van der Waals surface area contributed by atoms with E-state index in [9.17, 15) is 4.79 Å². The number of carbonyl (C=O) groups is 1. The van der Waals surface area contributed by atoms with E-state index in [1.807, 2.05) is 24.3 Å². The van der Waals surface area contributed by atoms with Gasteiger partial charge in [-0.1, -0.05) is 12.1 Å². The molecule has 26 heavy (non-hydrogen) atoms. The number of rotatable bonds is 5. The molecular formula is C21H28N4O. The van der Waals surface area contributed by atoms with E-state index in [1.54, 1.807) is 0 Å². The number of amides is 1. The van der Waals surface area contributed by atoms with Gasteiger partial charge in [0.05, 0.1) is 6.54 Å². The Labute approximate surface area is 156 Å². The molecule has 0 saturated carbocycles. The minimum atomic E-state index is -0.0433. The highest BCUT2D eigenvalue weighted by atomic mass is 16.1. The van der Waals surface area contributed by atoms with Crippen molar-refractivity contribution in [3.63, 3.8) is 0 Å². The number of nitrogens with zero attached hydrogens (tertiary/aromatic N) is 2. The number of anilines is 3. The van der Waals surface area contributed by atoms with Crippen LogP contribution in [0.25, 0.3) is 0 Å². The molecule has 2 N–H and O–H groups in total. The highest BCUT2D eigenvalue weighted by molar-refractivity contribution is 5.94. The maximum atomic E-state index is 12.2. The van der Waals surface area contributed by atoms with Crippen molar-refractivity contribution in [2.45, 2.75) is 13.8 Å². The normalized spacial score (nSPS) is 15.0. The number of nitrogens with one attached hydrogen (secondary N) is 2. The quantitative estimate of drug-likeness (QED) is 0.868. The van der Waals surface area contributed by atoms with E-state index < -0.39 is 0 Å². The fraction of sp³-hybridized carbons (Fsp3) is 0.381. The van der Waals surface area contributed by atoms with E-state index in [2.05, 4.69) is 59.5 Å². The number of benzene rings is 2. The fourth-order valence-corrected chi connectivity index (χ4v) is 3.14. The topological polar surface area (TPSA) is 47.6 Å². The first kappa shape index (κ1) is 18.3. The molecule has 5 nitrogen and oxygen atoms in total. The zero-order valence-corrected chi connectivity index (χ0v) is 15.9. The van der Waals surface area contributed by atoms with Gasteiger partial charge in [-0.15, -0.1) is 0 Å². The average Bonchev–Trinajstić information content (AvgIpc) is 2.64. The monoisotopic (exact) mass is 352 g/mol. The molecule has 0 unspecified atom stereocenters. The largest absolute Gasteiger partial charge is 0.376 e. The van der Waals surface area contributed by atoms with Crippen LogP contribution in [0, 0.1) is 13.8 Å². The van der Waals surface area contributed by atoms with E-state index in [1.165, 1.54) is 16.8 Å². The zero-order valence-electron chi connectivity index (χ0n) is 15.9. The first-order valence-corrected chi connectivity index (χ1v) is 9.16. The Morgan fingerprint density at radius 1 is 1.00 bits per heavy atom. The third-order valence-electron chi connectivity index (χ3n) is 5.06. The van der Waals surface area contributed by atoms with Crippen molar-refractivity contribution in [2.24, 2.45) is 0 Å². The fourth-order valence-electron chi connectivity index (χ4n) is 3.14. The minimum Gasteiger partial charge on any atom is -0.376 e. The van der Waals surface area contributed by atoms with Gasteiger partial charge in [0, 0.05) is 43.2 Å². The summed E-state index contributed by atoms with van der Waals surface area (Å²) in [7, 11) is 2.16. The third kappa shape index (κ3) is 4.55. The van der Waals surface area contributed by atoms with Crippen LogP contribution >= 0.6 is 0 Å². The molecular weight excluding hydrogens is 324 g/mol. The maximum Gasteiger partial charge on any atom is 0.243 e. The second-order valence-electron chi connectivity index (χ2n) is 6.99. The Balaban J connectivity index is 1.52. The summed E-state index contributed by atoms with van der Waals surface area (Å²) in [6.07, 6.45) is 0. The lowest BCUT2D eigenvalue weighted by Gasteiger charge is -2.34. The predicted molar refractivity (Wildman–Crippen MR) is 109 cm³/mol. The summed E-state index contributed by atoms with van der Waals surface area (Å²) >= 11 is 0. The second kappa shape index (κ2) is 8.23. The summed E-state index contributed by atoms with van der Waals surface area (Å²) in [6, 6.07) is 14.2. The molecule has 1 fully saturated rings. The average molecular weight is 352 g/mol. The smallest absolute Gasteiger partial charge is 0.243 e. The Morgan fingerprint density at radius 2 is 1.69 bits per heavy atom. The van der Waals surface area contributed by atoms with Gasteiger partial charge in [-0.05, 0) is 62.4 Å². The summed E-state index contributed by atoms with van der Waals surface area (Å²) in [5.74, 6) is -0.0433. The Kier molecular flexibility index (Phi) is 5.78.